The van der Waals surface area contributed by atoms with E-state index in [1.807, 2.05) is 75.4 Å². The number of carbonyl (C=O) groups is 2. The molecule has 2 saturated heterocycles. The maximum absolute atomic E-state index is 13.5. The van der Waals surface area contributed by atoms with Crippen LogP contribution in [-0.2, 0) is 24.7 Å². The van der Waals surface area contributed by atoms with E-state index in [1.165, 1.54) is 0 Å². The molecule has 2 aromatic carbocycles. The van der Waals surface area contributed by atoms with E-state index in [-0.39, 0.29) is 5.78 Å². The van der Waals surface area contributed by atoms with Crippen molar-refractivity contribution in [1.29, 1.82) is 0 Å². The van der Waals surface area contributed by atoms with Gasteiger partial charge >= 0.3 is 5.97 Å². The van der Waals surface area contributed by atoms with Crippen LogP contribution in [0.4, 0.5) is 0 Å². The molecule has 0 saturated carbocycles. The number of carbonyl (C=O) groups excluding carboxylic acids is 2. The quantitative estimate of drug-likeness (QED) is 0.464. The van der Waals surface area contributed by atoms with Gasteiger partial charge in [0.15, 0.2) is 5.78 Å². The van der Waals surface area contributed by atoms with Crippen molar-refractivity contribution in [3.8, 4) is 0 Å². The molecule has 2 aromatic rings. The van der Waals surface area contributed by atoms with E-state index in [1.54, 1.807) is 0 Å². The Kier molecular flexibility index (Phi) is 4.94. The van der Waals surface area contributed by atoms with Crippen molar-refractivity contribution in [3.05, 3.63) is 70.2 Å². The molecule has 2 bridgehead atoms. The minimum Gasteiger partial charge on any atom is -0.457 e. The summed E-state index contributed by atoms with van der Waals surface area (Å²) in [6, 6.07) is 17.7. The van der Waals surface area contributed by atoms with Gasteiger partial charge in [-0.25, -0.2) is 4.79 Å². The summed E-state index contributed by atoms with van der Waals surface area (Å²) in [5.74, 6) is -1.18. The van der Waals surface area contributed by atoms with Gasteiger partial charge in [-0.2, -0.15) is 0 Å². The van der Waals surface area contributed by atoms with Crippen molar-refractivity contribution in [2.45, 2.75) is 62.8 Å². The highest BCUT2D eigenvalue weighted by molar-refractivity contribution is 9.10. The molecular formula is C24H25BrO4. The topological polar surface area (TPSA) is 52.6 Å². The highest BCUT2D eigenvalue weighted by Crippen LogP contribution is 2.59. The smallest absolute Gasteiger partial charge is 0.347 e. The molecule has 29 heavy (non-hydrogen) atoms. The molecule has 2 fully saturated rings. The van der Waals surface area contributed by atoms with Gasteiger partial charge in [-0.1, -0.05) is 58.4 Å². The molecule has 4 nitrogen and oxygen atoms in total. The van der Waals surface area contributed by atoms with Crippen LogP contribution in [0.5, 0.6) is 0 Å². The monoisotopic (exact) mass is 456 g/mol. The van der Waals surface area contributed by atoms with E-state index >= 15 is 0 Å². The van der Waals surface area contributed by atoms with E-state index in [4.69, 9.17) is 9.47 Å². The number of ketones is 1. The summed E-state index contributed by atoms with van der Waals surface area (Å²) in [6.07, 6.45) is 1.41. The van der Waals surface area contributed by atoms with Crippen molar-refractivity contribution in [1.82, 2.24) is 0 Å². The number of benzene rings is 2. The number of halogens is 1. The molecule has 0 N–H and O–H groups in total. The Morgan fingerprint density at radius 2 is 1.76 bits per heavy atom. The maximum Gasteiger partial charge on any atom is 0.347 e. The average molecular weight is 457 g/mol. The summed E-state index contributed by atoms with van der Waals surface area (Å²) in [7, 11) is 0. The molecule has 0 amide bonds. The van der Waals surface area contributed by atoms with Crippen LogP contribution in [0, 0.1) is 0 Å². The number of rotatable bonds is 3. The zero-order valence-electron chi connectivity index (χ0n) is 16.9. The van der Waals surface area contributed by atoms with Crippen molar-refractivity contribution in [3.63, 3.8) is 0 Å². The molecule has 3 atom stereocenters. The third kappa shape index (κ3) is 3.44. The SMILES string of the molecule is CC(C)(C)OC(=O)[C@]12O[C@](c3ccccc3)(CCC1=O)C[C@H]2c1ccc(Br)cc1. The van der Waals surface area contributed by atoms with Crippen molar-refractivity contribution in [2.75, 3.05) is 0 Å². The Hall–Kier alpha value is -1.98. The molecule has 0 unspecified atom stereocenters. The first-order valence-electron chi connectivity index (χ1n) is 9.94. The van der Waals surface area contributed by atoms with Crippen LogP contribution in [0.1, 0.15) is 57.1 Å². The summed E-state index contributed by atoms with van der Waals surface area (Å²) in [4.78, 5) is 26.7. The third-order valence-electron chi connectivity index (χ3n) is 5.83. The normalized spacial score (nSPS) is 29.0. The number of ether oxygens (including phenoxy) is 2. The second-order valence-electron chi connectivity index (χ2n) is 8.93. The average Bonchev–Trinajstić information content (AvgIpc) is 2.98. The van der Waals surface area contributed by atoms with Crippen LogP contribution >= 0.6 is 15.9 Å². The maximum atomic E-state index is 13.5. The van der Waals surface area contributed by atoms with Crippen LogP contribution in [0.2, 0.25) is 0 Å². The summed E-state index contributed by atoms with van der Waals surface area (Å²) >= 11 is 3.46. The number of Topliss-reactive ketones (excluding diaryl/α,β-unsaturated/α-hetero) is 1. The lowest BCUT2D eigenvalue weighted by atomic mass is 9.78. The van der Waals surface area contributed by atoms with E-state index in [9.17, 15) is 9.59 Å². The first-order valence-corrected chi connectivity index (χ1v) is 10.7. The molecule has 2 aliphatic rings. The van der Waals surface area contributed by atoms with Crippen LogP contribution < -0.4 is 0 Å². The van der Waals surface area contributed by atoms with Gasteiger partial charge in [-0.15, -0.1) is 0 Å². The standard InChI is InChI=1S/C24H25BrO4/c1-22(2,3)28-21(27)24-19(16-9-11-18(25)12-10-16)15-23(29-24,14-13-20(24)26)17-7-5-4-6-8-17/h4-12,19H,13-15H2,1-3H3/t19-,23+,24+/m0/s1. The first-order chi connectivity index (χ1) is 13.7. The van der Waals surface area contributed by atoms with E-state index in [0.29, 0.717) is 19.3 Å². The van der Waals surface area contributed by atoms with Gasteiger partial charge in [0, 0.05) is 16.8 Å². The summed E-state index contributed by atoms with van der Waals surface area (Å²) in [6.45, 7) is 5.43. The molecule has 0 radical (unpaired) electrons. The zero-order chi connectivity index (χ0) is 20.9. The zero-order valence-corrected chi connectivity index (χ0v) is 18.5. The largest absolute Gasteiger partial charge is 0.457 e. The van der Waals surface area contributed by atoms with Gasteiger partial charge in [0.25, 0.3) is 0 Å². The molecule has 0 aliphatic carbocycles. The highest BCUT2D eigenvalue weighted by Gasteiger charge is 2.68. The van der Waals surface area contributed by atoms with Gasteiger partial charge in [0.1, 0.15) is 5.60 Å². The fraction of sp³-hybridized carbons (Fsp3) is 0.417. The lowest BCUT2D eigenvalue weighted by molar-refractivity contribution is -0.202. The molecular weight excluding hydrogens is 432 g/mol. The van der Waals surface area contributed by atoms with E-state index < -0.39 is 28.7 Å². The molecule has 2 heterocycles. The van der Waals surface area contributed by atoms with Gasteiger partial charge in [-0.3, -0.25) is 4.79 Å². The molecule has 0 spiro atoms. The van der Waals surface area contributed by atoms with Gasteiger partial charge < -0.3 is 9.47 Å². The number of hydrogen-bond donors (Lipinski definition) is 0. The molecule has 5 heteroatoms. The fourth-order valence-corrected chi connectivity index (χ4v) is 4.83. The first kappa shape index (κ1) is 20.3. The summed E-state index contributed by atoms with van der Waals surface area (Å²) in [5.41, 5.74) is -1.10. The van der Waals surface area contributed by atoms with Crippen LogP contribution in [-0.4, -0.2) is 23.0 Å². The molecule has 4 rings (SSSR count). The molecule has 0 aromatic heterocycles. The lowest BCUT2D eigenvalue weighted by Gasteiger charge is -2.40. The summed E-state index contributed by atoms with van der Waals surface area (Å²) < 4.78 is 13.2. The fourth-order valence-electron chi connectivity index (χ4n) is 4.56. The van der Waals surface area contributed by atoms with Gasteiger partial charge in [0.05, 0.1) is 5.60 Å². The van der Waals surface area contributed by atoms with E-state index in [0.717, 1.165) is 15.6 Å². The Bertz CT molecular complexity index is 932. The van der Waals surface area contributed by atoms with Crippen LogP contribution in [0.15, 0.2) is 59.1 Å². The Balaban J connectivity index is 1.86. The minimum absolute atomic E-state index is 0.191. The number of hydrogen-bond acceptors (Lipinski definition) is 4. The van der Waals surface area contributed by atoms with Crippen molar-refractivity contribution in [2.24, 2.45) is 0 Å². The van der Waals surface area contributed by atoms with Crippen molar-refractivity contribution >= 4 is 27.7 Å². The summed E-state index contributed by atoms with van der Waals surface area (Å²) in [5, 5.41) is 0. The van der Waals surface area contributed by atoms with E-state index in [2.05, 4.69) is 15.9 Å². The number of fused-ring (bicyclic) bond motifs is 2. The predicted molar refractivity (Wildman–Crippen MR) is 114 cm³/mol. The Morgan fingerprint density at radius 1 is 1.10 bits per heavy atom. The Morgan fingerprint density at radius 3 is 2.38 bits per heavy atom. The third-order valence-corrected chi connectivity index (χ3v) is 6.35. The second-order valence-corrected chi connectivity index (χ2v) is 9.85. The van der Waals surface area contributed by atoms with Crippen LogP contribution in [0.3, 0.4) is 0 Å². The van der Waals surface area contributed by atoms with Gasteiger partial charge in [-0.05, 0) is 56.9 Å². The highest BCUT2D eigenvalue weighted by atomic mass is 79.9. The molecule has 152 valence electrons. The van der Waals surface area contributed by atoms with Crippen molar-refractivity contribution < 1.29 is 19.1 Å². The second kappa shape index (κ2) is 7.06. The van der Waals surface area contributed by atoms with Gasteiger partial charge in [0.2, 0.25) is 5.60 Å². The Labute approximate surface area is 179 Å². The minimum atomic E-state index is -1.62. The number of esters is 1. The predicted octanol–water partition coefficient (Wildman–Crippen LogP) is 5.29. The lowest BCUT2D eigenvalue weighted by Crippen LogP contribution is -2.56. The van der Waals surface area contributed by atoms with Crippen LogP contribution in [0.25, 0.3) is 0 Å². The molecule has 2 aliphatic heterocycles.